The molecule has 2 aromatic rings. The van der Waals surface area contributed by atoms with E-state index in [0.29, 0.717) is 6.42 Å². The number of carboxylic acids is 1. The van der Waals surface area contributed by atoms with Crippen molar-refractivity contribution < 1.29 is 38.5 Å². The Balaban J connectivity index is 1.65. The van der Waals surface area contributed by atoms with Gasteiger partial charge in [-0.2, -0.15) is 0 Å². The largest absolute Gasteiger partial charge is 0.480 e. The van der Waals surface area contributed by atoms with Crippen LogP contribution in [0.15, 0.2) is 48.5 Å². The molecule has 0 radical (unpaired) electrons. The van der Waals surface area contributed by atoms with Gasteiger partial charge < -0.3 is 30.0 Å². The first-order chi connectivity index (χ1) is 18.8. The summed E-state index contributed by atoms with van der Waals surface area (Å²) in [5, 5.41) is 14.4. The second-order valence-electron chi connectivity index (χ2n) is 10.9. The summed E-state index contributed by atoms with van der Waals surface area (Å²) >= 11 is 0. The zero-order valence-corrected chi connectivity index (χ0v) is 23.7. The summed E-state index contributed by atoms with van der Waals surface area (Å²) in [7, 11) is 0. The molecule has 0 heterocycles. The molecule has 0 aromatic heterocycles. The molecule has 0 saturated carbocycles. The Kier molecular flexibility index (Phi) is 9.78. The number of aliphatic carboxylic acids is 1. The third-order valence-corrected chi connectivity index (χ3v) is 6.79. The lowest BCUT2D eigenvalue weighted by Crippen LogP contribution is -2.53. The Labute approximate surface area is 234 Å². The number of carbonyl (C=O) groups excluding carboxylic acids is 3. The first-order valence-corrected chi connectivity index (χ1v) is 13.4. The van der Waals surface area contributed by atoms with Gasteiger partial charge in [-0.25, -0.2) is 19.2 Å². The third-order valence-electron chi connectivity index (χ3n) is 6.79. The number of nitrogens with one attached hydrogen (secondary N) is 2. The normalized spacial score (nSPS) is 15.4. The van der Waals surface area contributed by atoms with Crippen LogP contribution < -0.4 is 10.6 Å². The van der Waals surface area contributed by atoms with Crippen molar-refractivity contribution >= 4 is 24.1 Å². The van der Waals surface area contributed by atoms with Crippen LogP contribution in [-0.2, 0) is 23.8 Å². The Morgan fingerprint density at radius 2 is 1.40 bits per heavy atom. The lowest BCUT2D eigenvalue weighted by atomic mass is 9.98. The summed E-state index contributed by atoms with van der Waals surface area (Å²) < 4.78 is 16.1. The topological polar surface area (TPSA) is 140 Å². The van der Waals surface area contributed by atoms with Gasteiger partial charge in [0, 0.05) is 5.92 Å². The highest BCUT2D eigenvalue weighted by atomic mass is 16.6. The summed E-state index contributed by atoms with van der Waals surface area (Å²) in [6.07, 6.45) is -2.49. The molecule has 0 spiro atoms. The fourth-order valence-electron chi connectivity index (χ4n) is 4.58. The van der Waals surface area contributed by atoms with Crippen LogP contribution in [0.3, 0.4) is 0 Å². The van der Waals surface area contributed by atoms with E-state index in [1.54, 1.807) is 27.7 Å². The summed E-state index contributed by atoms with van der Waals surface area (Å²) in [5.74, 6) is -2.74. The number of rotatable bonds is 10. The molecule has 0 fully saturated rings. The number of hydrogen-bond donors (Lipinski definition) is 3. The van der Waals surface area contributed by atoms with Crippen molar-refractivity contribution in [3.63, 3.8) is 0 Å². The number of ether oxygens (including phenoxy) is 3. The van der Waals surface area contributed by atoms with Gasteiger partial charge in [0.05, 0.1) is 0 Å². The SMILES string of the molecule is CC[C@H](C)[C@H](NC(=O)OCC1c2ccccc2-c2ccccc21)C(=O)O[C@H](C)[C@H](NC(=O)OC(C)(C)C)C(=O)O. The van der Waals surface area contributed by atoms with Crippen LogP contribution in [0, 0.1) is 5.92 Å². The molecule has 0 unspecified atom stereocenters. The van der Waals surface area contributed by atoms with Crippen molar-refractivity contribution in [1.29, 1.82) is 0 Å². The minimum atomic E-state index is -1.56. The molecule has 10 heteroatoms. The summed E-state index contributed by atoms with van der Waals surface area (Å²) in [5.41, 5.74) is 3.45. The fourth-order valence-corrected chi connectivity index (χ4v) is 4.58. The van der Waals surface area contributed by atoms with Crippen molar-refractivity contribution in [2.45, 2.75) is 77.7 Å². The van der Waals surface area contributed by atoms with E-state index in [2.05, 4.69) is 10.6 Å². The average Bonchev–Trinajstić information content (AvgIpc) is 3.21. The quantitative estimate of drug-likeness (QED) is 0.280. The predicted octanol–water partition coefficient (Wildman–Crippen LogP) is 4.85. The maximum Gasteiger partial charge on any atom is 0.408 e. The molecule has 1 aliphatic rings. The maximum absolute atomic E-state index is 13.1. The van der Waals surface area contributed by atoms with Gasteiger partial charge in [0.25, 0.3) is 0 Å². The van der Waals surface area contributed by atoms with Gasteiger partial charge in [0.1, 0.15) is 24.4 Å². The summed E-state index contributed by atoms with van der Waals surface area (Å²) in [6.45, 7) is 9.92. The molecule has 4 atom stereocenters. The van der Waals surface area contributed by atoms with Crippen LogP contribution >= 0.6 is 0 Å². The lowest BCUT2D eigenvalue weighted by molar-refractivity contribution is -0.157. The van der Waals surface area contributed by atoms with Crippen LogP contribution in [0.4, 0.5) is 9.59 Å². The molecule has 3 rings (SSSR count). The predicted molar refractivity (Wildman–Crippen MR) is 148 cm³/mol. The van der Waals surface area contributed by atoms with E-state index >= 15 is 0 Å². The first-order valence-electron chi connectivity index (χ1n) is 13.4. The van der Waals surface area contributed by atoms with Crippen LogP contribution in [-0.4, -0.2) is 59.6 Å². The van der Waals surface area contributed by atoms with Crippen LogP contribution in [0.5, 0.6) is 0 Å². The van der Waals surface area contributed by atoms with Gasteiger partial charge in [0.15, 0.2) is 6.04 Å². The van der Waals surface area contributed by atoms with E-state index in [1.165, 1.54) is 6.92 Å². The highest BCUT2D eigenvalue weighted by Gasteiger charge is 2.36. The Morgan fingerprint density at radius 3 is 1.90 bits per heavy atom. The monoisotopic (exact) mass is 554 g/mol. The molecule has 0 aliphatic heterocycles. The molecular weight excluding hydrogens is 516 g/mol. The number of amides is 2. The zero-order valence-electron chi connectivity index (χ0n) is 23.7. The van der Waals surface area contributed by atoms with Crippen molar-refractivity contribution in [2.75, 3.05) is 6.61 Å². The zero-order chi connectivity index (χ0) is 29.6. The minimum Gasteiger partial charge on any atom is -0.480 e. The van der Waals surface area contributed by atoms with Crippen molar-refractivity contribution in [3.8, 4) is 11.1 Å². The third kappa shape index (κ3) is 7.52. The van der Waals surface area contributed by atoms with E-state index in [4.69, 9.17) is 14.2 Å². The molecule has 3 N–H and O–H groups in total. The molecule has 0 saturated heterocycles. The molecule has 2 amide bonds. The molecule has 2 aromatic carbocycles. The second kappa shape index (κ2) is 12.8. The van der Waals surface area contributed by atoms with Crippen LogP contribution in [0.25, 0.3) is 11.1 Å². The molecule has 40 heavy (non-hydrogen) atoms. The second-order valence-corrected chi connectivity index (χ2v) is 10.9. The van der Waals surface area contributed by atoms with E-state index in [-0.39, 0.29) is 18.4 Å². The Morgan fingerprint density at radius 1 is 0.875 bits per heavy atom. The van der Waals surface area contributed by atoms with Gasteiger partial charge in [-0.3, -0.25) is 0 Å². The van der Waals surface area contributed by atoms with Crippen molar-refractivity contribution in [2.24, 2.45) is 5.92 Å². The lowest BCUT2D eigenvalue weighted by Gasteiger charge is -2.28. The highest BCUT2D eigenvalue weighted by molar-refractivity contribution is 5.84. The van der Waals surface area contributed by atoms with E-state index in [9.17, 15) is 24.3 Å². The molecule has 0 bridgehead atoms. The van der Waals surface area contributed by atoms with Crippen LogP contribution in [0.2, 0.25) is 0 Å². The van der Waals surface area contributed by atoms with Gasteiger partial charge in [-0.15, -0.1) is 0 Å². The van der Waals surface area contributed by atoms with Crippen molar-refractivity contribution in [1.82, 2.24) is 10.6 Å². The number of esters is 1. The first kappa shape index (κ1) is 30.5. The molecular formula is C30H38N2O8. The number of benzene rings is 2. The molecule has 10 nitrogen and oxygen atoms in total. The number of fused-ring (bicyclic) bond motifs is 3. The smallest absolute Gasteiger partial charge is 0.408 e. The Hall–Kier alpha value is -4.08. The maximum atomic E-state index is 13.1. The van der Waals surface area contributed by atoms with E-state index in [0.717, 1.165) is 22.3 Å². The number of carbonyl (C=O) groups is 4. The fraction of sp³-hybridized carbons (Fsp3) is 0.467. The van der Waals surface area contributed by atoms with Gasteiger partial charge in [-0.05, 0) is 55.9 Å². The summed E-state index contributed by atoms with van der Waals surface area (Å²) in [4.78, 5) is 49.9. The van der Waals surface area contributed by atoms with E-state index < -0.39 is 47.9 Å². The molecule has 216 valence electrons. The Bertz CT molecular complexity index is 1190. The summed E-state index contributed by atoms with van der Waals surface area (Å²) in [6, 6.07) is 13.2. The average molecular weight is 555 g/mol. The minimum absolute atomic E-state index is 0.0689. The molecule has 1 aliphatic carbocycles. The van der Waals surface area contributed by atoms with Gasteiger partial charge in [0.2, 0.25) is 0 Å². The number of alkyl carbamates (subject to hydrolysis) is 2. The number of hydrogen-bond acceptors (Lipinski definition) is 7. The van der Waals surface area contributed by atoms with Crippen LogP contribution in [0.1, 0.15) is 65.0 Å². The van der Waals surface area contributed by atoms with Gasteiger partial charge >= 0.3 is 24.1 Å². The van der Waals surface area contributed by atoms with Crippen molar-refractivity contribution in [3.05, 3.63) is 59.7 Å². The standard InChI is InChI=1S/C30H38N2O8/c1-7-17(2)24(27(35)39-18(3)25(26(33)34)32-29(37)40-30(4,5)6)31-28(36)38-16-23-21-14-10-8-12-19(21)20-13-9-11-15-22(20)23/h8-15,17-18,23-25H,7,16H2,1-6H3,(H,31,36)(H,32,37)(H,33,34)/t17-,18+,24-,25-/m0/s1. The van der Waals surface area contributed by atoms with Gasteiger partial charge in [-0.1, -0.05) is 68.8 Å². The van der Waals surface area contributed by atoms with E-state index in [1.807, 2.05) is 55.5 Å². The highest BCUT2D eigenvalue weighted by Crippen LogP contribution is 2.44. The number of carboxylic acid groups (broad SMARTS) is 1.